The van der Waals surface area contributed by atoms with Crippen molar-refractivity contribution in [3.8, 4) is 5.75 Å². The molecule has 2 fully saturated rings. The minimum Gasteiger partial charge on any atom is -0.489 e. The standard InChI is InChI=1S/C21H23N3O3/c1-4-9-27-17-11-16(23(2)3)8-7-15(17)12-22-24-20(25)18-13-5-6-14(10-13)19(18)21(24)26/h4-8,11-14,18-19H,1,9-10H2,2-3H3/t13-,14-,18-,19+/m0/s1. The highest BCUT2D eigenvalue weighted by Crippen LogP contribution is 2.52. The summed E-state index contributed by atoms with van der Waals surface area (Å²) in [6.45, 7) is 4.03. The van der Waals surface area contributed by atoms with E-state index >= 15 is 0 Å². The number of hydrogen-bond acceptors (Lipinski definition) is 5. The van der Waals surface area contributed by atoms with E-state index in [1.165, 1.54) is 6.21 Å². The topological polar surface area (TPSA) is 62.2 Å². The number of hydrogen-bond donors (Lipinski definition) is 0. The maximum Gasteiger partial charge on any atom is 0.254 e. The zero-order valence-corrected chi connectivity index (χ0v) is 15.5. The van der Waals surface area contributed by atoms with Crippen molar-refractivity contribution in [3.05, 3.63) is 48.6 Å². The number of fused-ring (bicyclic) bond motifs is 5. The van der Waals surface area contributed by atoms with Crippen LogP contribution in [-0.2, 0) is 9.59 Å². The van der Waals surface area contributed by atoms with Gasteiger partial charge in [-0.05, 0) is 30.4 Å². The van der Waals surface area contributed by atoms with Gasteiger partial charge in [-0.15, -0.1) is 0 Å². The van der Waals surface area contributed by atoms with Gasteiger partial charge in [-0.2, -0.15) is 10.1 Å². The smallest absolute Gasteiger partial charge is 0.254 e. The Labute approximate surface area is 158 Å². The number of ether oxygens (including phenoxy) is 1. The van der Waals surface area contributed by atoms with E-state index in [-0.39, 0.29) is 35.5 Å². The molecular formula is C21H23N3O3. The molecule has 1 aliphatic heterocycles. The Morgan fingerprint density at radius 2 is 1.89 bits per heavy atom. The van der Waals surface area contributed by atoms with Gasteiger partial charge in [0.05, 0.1) is 18.1 Å². The zero-order chi connectivity index (χ0) is 19.1. The third-order valence-electron chi connectivity index (χ3n) is 5.63. The Hall–Kier alpha value is -2.89. The average Bonchev–Trinajstić information content (AvgIpc) is 3.33. The number of anilines is 1. The van der Waals surface area contributed by atoms with Crippen LogP contribution < -0.4 is 9.64 Å². The molecule has 0 N–H and O–H groups in total. The summed E-state index contributed by atoms with van der Waals surface area (Å²) in [5, 5.41) is 5.29. The summed E-state index contributed by atoms with van der Waals surface area (Å²) >= 11 is 0. The van der Waals surface area contributed by atoms with E-state index in [0.29, 0.717) is 17.9 Å². The normalized spacial score (nSPS) is 28.3. The van der Waals surface area contributed by atoms with Crippen molar-refractivity contribution in [2.24, 2.45) is 28.8 Å². The average molecular weight is 365 g/mol. The molecule has 0 unspecified atom stereocenters. The molecule has 1 saturated carbocycles. The van der Waals surface area contributed by atoms with Crippen LogP contribution in [0, 0.1) is 23.7 Å². The predicted octanol–water partition coefficient (Wildman–Crippen LogP) is 2.46. The molecular weight excluding hydrogens is 342 g/mol. The summed E-state index contributed by atoms with van der Waals surface area (Å²) in [5.74, 6) is 0.151. The predicted molar refractivity (Wildman–Crippen MR) is 104 cm³/mol. The molecule has 2 amide bonds. The number of carbonyl (C=O) groups is 2. The first-order valence-corrected chi connectivity index (χ1v) is 9.16. The molecule has 4 rings (SSSR count). The Morgan fingerprint density at radius 1 is 1.22 bits per heavy atom. The summed E-state index contributed by atoms with van der Waals surface area (Å²) in [6, 6.07) is 5.71. The lowest BCUT2D eigenvalue weighted by atomic mass is 9.85. The lowest BCUT2D eigenvalue weighted by Gasteiger charge is -2.16. The van der Waals surface area contributed by atoms with Crippen LogP contribution in [0.1, 0.15) is 12.0 Å². The second kappa shape index (κ2) is 6.68. The van der Waals surface area contributed by atoms with Crippen LogP contribution in [0.4, 0.5) is 5.69 Å². The summed E-state index contributed by atoms with van der Waals surface area (Å²) in [6.07, 6.45) is 8.26. The summed E-state index contributed by atoms with van der Waals surface area (Å²) < 4.78 is 5.73. The number of allylic oxidation sites excluding steroid dienone is 2. The summed E-state index contributed by atoms with van der Waals surface area (Å²) in [7, 11) is 3.89. The van der Waals surface area contributed by atoms with Gasteiger partial charge in [-0.1, -0.05) is 24.8 Å². The van der Waals surface area contributed by atoms with E-state index in [1.54, 1.807) is 6.08 Å². The van der Waals surface area contributed by atoms with Gasteiger partial charge in [0.15, 0.2) is 0 Å². The Bertz CT molecular complexity index is 828. The fourth-order valence-corrected chi connectivity index (χ4v) is 4.30. The number of benzene rings is 1. The van der Waals surface area contributed by atoms with Crippen LogP contribution in [0.3, 0.4) is 0 Å². The second-order valence-electron chi connectivity index (χ2n) is 7.45. The molecule has 2 aliphatic carbocycles. The van der Waals surface area contributed by atoms with Gasteiger partial charge in [0.1, 0.15) is 12.4 Å². The van der Waals surface area contributed by atoms with E-state index in [0.717, 1.165) is 17.1 Å². The molecule has 1 aromatic carbocycles. The first-order chi connectivity index (χ1) is 13.0. The number of carbonyl (C=O) groups excluding carboxylic acids is 2. The zero-order valence-electron chi connectivity index (χ0n) is 15.5. The van der Waals surface area contributed by atoms with E-state index < -0.39 is 0 Å². The Morgan fingerprint density at radius 3 is 2.48 bits per heavy atom. The van der Waals surface area contributed by atoms with Gasteiger partial charge in [0.2, 0.25) is 0 Å². The highest BCUT2D eigenvalue weighted by atomic mass is 16.5. The number of nitrogens with zero attached hydrogens (tertiary/aromatic N) is 3. The molecule has 0 radical (unpaired) electrons. The molecule has 0 spiro atoms. The van der Waals surface area contributed by atoms with E-state index in [9.17, 15) is 9.59 Å². The quantitative estimate of drug-likeness (QED) is 0.441. The van der Waals surface area contributed by atoms with Crippen molar-refractivity contribution >= 4 is 23.7 Å². The molecule has 4 atom stereocenters. The largest absolute Gasteiger partial charge is 0.489 e. The van der Waals surface area contributed by atoms with Crippen LogP contribution in [0.15, 0.2) is 48.1 Å². The SMILES string of the molecule is C=CCOc1cc(N(C)C)ccc1C=NN1C(=O)[C@@H]2[C@H](C1=O)[C@H]1C=C[C@H]2C1. The van der Waals surface area contributed by atoms with Crippen molar-refractivity contribution in [2.45, 2.75) is 6.42 Å². The maximum atomic E-state index is 12.7. The van der Waals surface area contributed by atoms with Crippen LogP contribution in [-0.4, -0.2) is 43.7 Å². The number of rotatable bonds is 6. The molecule has 140 valence electrons. The fraction of sp³-hybridized carbons (Fsp3) is 0.381. The molecule has 1 saturated heterocycles. The van der Waals surface area contributed by atoms with Gasteiger partial charge in [-0.25, -0.2) is 0 Å². The third-order valence-corrected chi connectivity index (χ3v) is 5.63. The number of imide groups is 1. The number of hydrazone groups is 1. The minimum atomic E-state index is -0.239. The first-order valence-electron chi connectivity index (χ1n) is 9.16. The van der Waals surface area contributed by atoms with Gasteiger partial charge in [0, 0.05) is 31.4 Å². The monoisotopic (exact) mass is 365 g/mol. The van der Waals surface area contributed by atoms with Crippen LogP contribution >= 0.6 is 0 Å². The fourth-order valence-electron chi connectivity index (χ4n) is 4.30. The van der Waals surface area contributed by atoms with Gasteiger partial charge in [-0.3, -0.25) is 9.59 Å². The lowest BCUT2D eigenvalue weighted by Crippen LogP contribution is -2.28. The van der Waals surface area contributed by atoms with Crippen molar-refractivity contribution in [1.29, 1.82) is 0 Å². The molecule has 1 heterocycles. The molecule has 27 heavy (non-hydrogen) atoms. The van der Waals surface area contributed by atoms with Crippen LogP contribution in [0.5, 0.6) is 5.75 Å². The Balaban J connectivity index is 1.58. The van der Waals surface area contributed by atoms with Crippen LogP contribution in [0.2, 0.25) is 0 Å². The van der Waals surface area contributed by atoms with Crippen molar-refractivity contribution in [3.63, 3.8) is 0 Å². The molecule has 0 aromatic heterocycles. The molecule has 3 aliphatic rings. The van der Waals surface area contributed by atoms with Gasteiger partial charge < -0.3 is 9.64 Å². The number of amides is 2. The van der Waals surface area contributed by atoms with Crippen molar-refractivity contribution in [2.75, 3.05) is 25.6 Å². The van der Waals surface area contributed by atoms with Crippen molar-refractivity contribution < 1.29 is 14.3 Å². The van der Waals surface area contributed by atoms with Crippen molar-refractivity contribution in [1.82, 2.24) is 5.01 Å². The first kappa shape index (κ1) is 17.5. The van der Waals surface area contributed by atoms with Gasteiger partial charge >= 0.3 is 0 Å². The van der Waals surface area contributed by atoms with Crippen LogP contribution in [0.25, 0.3) is 0 Å². The van der Waals surface area contributed by atoms with E-state index in [1.807, 2.05) is 37.2 Å². The summed E-state index contributed by atoms with van der Waals surface area (Å²) in [4.78, 5) is 27.4. The van der Waals surface area contributed by atoms with E-state index in [4.69, 9.17) is 4.74 Å². The lowest BCUT2D eigenvalue weighted by molar-refractivity contribution is -0.140. The molecule has 6 heteroatoms. The molecule has 6 nitrogen and oxygen atoms in total. The van der Waals surface area contributed by atoms with Gasteiger partial charge in [0.25, 0.3) is 11.8 Å². The van der Waals surface area contributed by atoms with E-state index in [2.05, 4.69) is 23.8 Å². The molecule has 1 aromatic rings. The molecule has 2 bridgehead atoms. The third kappa shape index (κ3) is 2.85. The second-order valence-corrected chi connectivity index (χ2v) is 7.45. The highest BCUT2D eigenvalue weighted by molar-refractivity contribution is 6.06. The Kier molecular flexibility index (Phi) is 4.34. The minimum absolute atomic E-state index is 0.183. The highest BCUT2D eigenvalue weighted by Gasteiger charge is 2.59. The summed E-state index contributed by atoms with van der Waals surface area (Å²) in [5.41, 5.74) is 1.69. The maximum absolute atomic E-state index is 12.7.